The van der Waals surface area contributed by atoms with Crippen molar-refractivity contribution < 1.29 is 26.0 Å². The van der Waals surface area contributed by atoms with E-state index in [9.17, 15) is 26.0 Å². The monoisotopic (exact) mass is 336 g/mol. The lowest BCUT2D eigenvalue weighted by Gasteiger charge is -2.11. The first-order valence-electron chi connectivity index (χ1n) is 5.97. The van der Waals surface area contributed by atoms with Crippen molar-refractivity contribution in [2.75, 3.05) is 11.5 Å². The summed E-state index contributed by atoms with van der Waals surface area (Å²) >= 11 is 0. The van der Waals surface area contributed by atoms with Gasteiger partial charge < -0.3 is 0 Å². The highest BCUT2D eigenvalue weighted by atomic mass is 32.2. The van der Waals surface area contributed by atoms with Crippen molar-refractivity contribution in [1.29, 1.82) is 0 Å². The molecule has 1 atom stereocenters. The zero-order valence-corrected chi connectivity index (χ0v) is 12.4. The molecule has 0 saturated carbocycles. The zero-order valence-electron chi connectivity index (χ0n) is 10.7. The van der Waals surface area contributed by atoms with Crippen molar-refractivity contribution in [3.63, 3.8) is 0 Å². The van der Waals surface area contributed by atoms with Crippen molar-refractivity contribution in [3.05, 3.63) is 30.1 Å². The molecule has 0 aromatic heterocycles. The van der Waals surface area contributed by atoms with E-state index in [0.29, 0.717) is 0 Å². The fourth-order valence-corrected chi connectivity index (χ4v) is 4.48. The highest BCUT2D eigenvalue weighted by molar-refractivity contribution is 7.91. The minimum absolute atomic E-state index is 0.0875. The van der Waals surface area contributed by atoms with Crippen LogP contribution in [0.3, 0.4) is 0 Å². The summed E-state index contributed by atoms with van der Waals surface area (Å²) in [6, 6.07) is 4.04. The number of benzene rings is 1. The average molecular weight is 336 g/mol. The van der Waals surface area contributed by atoms with Crippen LogP contribution in [0.2, 0.25) is 0 Å². The number of hydrogen-bond donors (Lipinski definition) is 2. The van der Waals surface area contributed by atoms with Gasteiger partial charge in [0.25, 0.3) is 10.0 Å². The molecule has 1 aliphatic rings. The second-order valence-electron chi connectivity index (χ2n) is 4.65. The molecule has 10 heteroatoms. The van der Waals surface area contributed by atoms with Gasteiger partial charge in [0.1, 0.15) is 5.82 Å². The fourth-order valence-electron chi connectivity index (χ4n) is 1.89. The molecule has 0 unspecified atom stereocenters. The molecule has 2 N–H and O–H groups in total. The van der Waals surface area contributed by atoms with Crippen molar-refractivity contribution >= 4 is 25.8 Å². The van der Waals surface area contributed by atoms with Gasteiger partial charge in [0.05, 0.1) is 22.3 Å². The molecular formula is C11H13FN2O5S2. The largest absolute Gasteiger partial charge is 0.277 e. The van der Waals surface area contributed by atoms with E-state index in [1.807, 2.05) is 10.3 Å². The van der Waals surface area contributed by atoms with Crippen LogP contribution in [0.1, 0.15) is 6.42 Å². The Balaban J connectivity index is 1.99. The van der Waals surface area contributed by atoms with E-state index in [2.05, 4.69) is 0 Å². The number of halogens is 1. The minimum Gasteiger partial charge on any atom is -0.277 e. The Morgan fingerprint density at radius 2 is 1.86 bits per heavy atom. The average Bonchev–Trinajstić information content (AvgIpc) is 2.77. The van der Waals surface area contributed by atoms with Gasteiger partial charge in [-0.3, -0.25) is 10.2 Å². The highest BCUT2D eigenvalue weighted by Gasteiger charge is 2.33. The van der Waals surface area contributed by atoms with Crippen LogP contribution in [0, 0.1) is 11.7 Å². The Hall–Kier alpha value is -1.52. The molecular weight excluding hydrogens is 323 g/mol. The maximum atomic E-state index is 12.7. The summed E-state index contributed by atoms with van der Waals surface area (Å²) < 4.78 is 58.9. The molecule has 1 amide bonds. The lowest BCUT2D eigenvalue weighted by molar-refractivity contribution is -0.124. The van der Waals surface area contributed by atoms with Crippen molar-refractivity contribution in [1.82, 2.24) is 10.3 Å². The molecule has 0 radical (unpaired) electrons. The number of nitrogens with one attached hydrogen (secondary N) is 2. The lowest BCUT2D eigenvalue weighted by atomic mass is 10.1. The lowest BCUT2D eigenvalue weighted by Crippen LogP contribution is -2.44. The van der Waals surface area contributed by atoms with Gasteiger partial charge in [0.15, 0.2) is 9.84 Å². The van der Waals surface area contributed by atoms with Crippen LogP contribution in [0.5, 0.6) is 0 Å². The van der Waals surface area contributed by atoms with Crippen LogP contribution in [-0.4, -0.2) is 34.2 Å². The summed E-state index contributed by atoms with van der Waals surface area (Å²) in [6.07, 6.45) is 0.159. The van der Waals surface area contributed by atoms with Gasteiger partial charge in [-0.2, -0.15) is 0 Å². The Kier molecular flexibility index (Phi) is 4.30. The highest BCUT2D eigenvalue weighted by Crippen LogP contribution is 2.18. The number of hydrogen-bond acceptors (Lipinski definition) is 5. The number of amides is 1. The summed E-state index contributed by atoms with van der Waals surface area (Å²) in [7, 11) is -7.26. The number of sulfone groups is 1. The first-order valence-corrected chi connectivity index (χ1v) is 9.28. The first-order chi connectivity index (χ1) is 9.70. The molecule has 1 aliphatic heterocycles. The van der Waals surface area contributed by atoms with Gasteiger partial charge in [-0.25, -0.2) is 21.2 Å². The third-order valence-corrected chi connectivity index (χ3v) is 6.07. The van der Waals surface area contributed by atoms with E-state index in [0.717, 1.165) is 24.3 Å². The van der Waals surface area contributed by atoms with Gasteiger partial charge in [-0.15, -0.1) is 4.83 Å². The number of sulfonamides is 1. The van der Waals surface area contributed by atoms with Crippen LogP contribution in [-0.2, 0) is 24.7 Å². The van der Waals surface area contributed by atoms with Crippen LogP contribution in [0.25, 0.3) is 0 Å². The quantitative estimate of drug-likeness (QED) is 0.725. The molecule has 2 rings (SSSR count). The van der Waals surface area contributed by atoms with E-state index in [1.165, 1.54) is 0 Å². The molecule has 21 heavy (non-hydrogen) atoms. The molecule has 1 aromatic carbocycles. The molecule has 7 nitrogen and oxygen atoms in total. The van der Waals surface area contributed by atoms with Gasteiger partial charge >= 0.3 is 0 Å². The first kappa shape index (κ1) is 15.9. The molecule has 1 heterocycles. The molecule has 1 saturated heterocycles. The Bertz CT molecular complexity index is 743. The SMILES string of the molecule is O=C(NNS(=O)(=O)c1ccc(F)cc1)[C@H]1CCS(=O)(=O)C1. The van der Waals surface area contributed by atoms with Crippen LogP contribution < -0.4 is 10.3 Å². The van der Waals surface area contributed by atoms with Gasteiger partial charge in [-0.05, 0) is 30.7 Å². The van der Waals surface area contributed by atoms with Crippen LogP contribution >= 0.6 is 0 Å². The van der Waals surface area contributed by atoms with Gasteiger partial charge in [0, 0.05) is 0 Å². The summed E-state index contributed by atoms with van der Waals surface area (Å²) in [4.78, 5) is 13.3. The number of hydrazine groups is 1. The second kappa shape index (κ2) is 5.70. The third-order valence-electron chi connectivity index (χ3n) is 3.04. The predicted molar refractivity (Wildman–Crippen MR) is 71.6 cm³/mol. The van der Waals surface area contributed by atoms with Crippen molar-refractivity contribution in [3.8, 4) is 0 Å². The van der Waals surface area contributed by atoms with Crippen LogP contribution in [0.4, 0.5) is 4.39 Å². The Morgan fingerprint density at radius 3 is 2.38 bits per heavy atom. The maximum absolute atomic E-state index is 12.7. The molecule has 0 spiro atoms. The van der Waals surface area contributed by atoms with Gasteiger partial charge in [0.2, 0.25) is 5.91 Å². The topological polar surface area (TPSA) is 109 Å². The summed E-state index contributed by atoms with van der Waals surface area (Å²) in [5.41, 5.74) is 1.98. The number of carbonyl (C=O) groups is 1. The summed E-state index contributed by atoms with van der Waals surface area (Å²) in [5, 5.41) is 0. The molecule has 0 aliphatic carbocycles. The molecule has 116 valence electrons. The van der Waals surface area contributed by atoms with Crippen molar-refractivity contribution in [2.45, 2.75) is 11.3 Å². The minimum atomic E-state index is -4.03. The van der Waals surface area contributed by atoms with E-state index in [4.69, 9.17) is 0 Å². The summed E-state index contributed by atoms with van der Waals surface area (Å²) in [5.74, 6) is -2.45. The molecule has 0 bridgehead atoms. The third kappa shape index (κ3) is 3.99. The van der Waals surface area contributed by atoms with Crippen molar-refractivity contribution in [2.24, 2.45) is 5.92 Å². The molecule has 1 aromatic rings. The maximum Gasteiger partial charge on any atom is 0.257 e. The fraction of sp³-hybridized carbons (Fsp3) is 0.364. The van der Waals surface area contributed by atoms with Crippen LogP contribution in [0.15, 0.2) is 29.2 Å². The Morgan fingerprint density at radius 1 is 1.24 bits per heavy atom. The normalized spacial score (nSPS) is 21.1. The zero-order chi connectivity index (χ0) is 15.7. The second-order valence-corrected chi connectivity index (χ2v) is 8.56. The van der Waals surface area contributed by atoms with E-state index < -0.39 is 37.5 Å². The van der Waals surface area contributed by atoms with E-state index in [-0.39, 0.29) is 22.8 Å². The standard InChI is InChI=1S/C11H13FN2O5S2/c12-9-1-3-10(4-2-9)21(18,19)14-13-11(15)8-5-6-20(16,17)7-8/h1-4,8,14H,5-7H2,(H,13,15)/t8-/m0/s1. The molecule has 1 fully saturated rings. The summed E-state index contributed by atoms with van der Waals surface area (Å²) in [6.45, 7) is 0. The van der Waals surface area contributed by atoms with E-state index >= 15 is 0 Å². The Labute approximate surface area is 121 Å². The number of rotatable bonds is 4. The number of carbonyl (C=O) groups excluding carboxylic acids is 1. The van der Waals surface area contributed by atoms with E-state index in [1.54, 1.807) is 0 Å². The smallest absolute Gasteiger partial charge is 0.257 e. The van der Waals surface area contributed by atoms with Gasteiger partial charge in [-0.1, -0.05) is 0 Å². The predicted octanol–water partition coefficient (Wildman–Crippen LogP) is -0.430.